The summed E-state index contributed by atoms with van der Waals surface area (Å²) in [7, 11) is 0. The number of rotatable bonds is 7. The molecule has 1 aromatic carbocycles. The Morgan fingerprint density at radius 2 is 2.03 bits per heavy atom. The van der Waals surface area contributed by atoms with E-state index in [-0.39, 0.29) is 12.0 Å². The van der Waals surface area contributed by atoms with Gasteiger partial charge in [-0.1, -0.05) is 36.4 Å². The maximum Gasteiger partial charge on any atom is 0.275 e. The summed E-state index contributed by atoms with van der Waals surface area (Å²) < 4.78 is 9.74. The molecule has 0 unspecified atom stereocenters. The van der Waals surface area contributed by atoms with E-state index in [0.717, 1.165) is 42.8 Å². The lowest BCUT2D eigenvalue weighted by Gasteiger charge is -2.20. The summed E-state index contributed by atoms with van der Waals surface area (Å²) in [5.74, 6) is 0.593. The second-order valence-electron chi connectivity index (χ2n) is 8.14. The highest BCUT2D eigenvalue weighted by atomic mass is 16.5. The average molecular weight is 430 g/mol. The number of benzene rings is 1. The van der Waals surface area contributed by atoms with Crippen molar-refractivity contribution in [3.63, 3.8) is 0 Å². The normalized spacial score (nSPS) is 16.0. The molecular weight excluding hydrogens is 402 g/mol. The van der Waals surface area contributed by atoms with Gasteiger partial charge in [0.2, 0.25) is 0 Å². The van der Waals surface area contributed by atoms with Gasteiger partial charge in [-0.05, 0) is 37.5 Å². The molecule has 164 valence electrons. The lowest BCUT2D eigenvalue weighted by molar-refractivity contribution is 0.0749. The van der Waals surface area contributed by atoms with Crippen molar-refractivity contribution in [1.29, 1.82) is 0 Å². The average Bonchev–Trinajstić information content (AvgIpc) is 3.58. The number of pyridine rings is 1. The third kappa shape index (κ3) is 4.03. The molecule has 32 heavy (non-hydrogen) atoms. The molecule has 0 saturated carbocycles. The van der Waals surface area contributed by atoms with Crippen molar-refractivity contribution in [2.24, 2.45) is 0 Å². The molecule has 1 aliphatic heterocycles. The van der Waals surface area contributed by atoms with Gasteiger partial charge in [0, 0.05) is 38.6 Å². The first-order chi connectivity index (χ1) is 15.7. The third-order valence-electron chi connectivity index (χ3n) is 5.94. The van der Waals surface area contributed by atoms with Gasteiger partial charge in [-0.25, -0.2) is 9.97 Å². The van der Waals surface area contributed by atoms with E-state index >= 15 is 0 Å². The largest absolute Gasteiger partial charge is 0.376 e. The highest BCUT2D eigenvalue weighted by molar-refractivity contribution is 6.00. The van der Waals surface area contributed by atoms with Crippen molar-refractivity contribution in [3.05, 3.63) is 78.5 Å². The van der Waals surface area contributed by atoms with Crippen molar-refractivity contribution in [2.45, 2.75) is 39.0 Å². The molecule has 0 bridgehead atoms. The van der Waals surface area contributed by atoms with Crippen molar-refractivity contribution in [1.82, 2.24) is 23.8 Å². The van der Waals surface area contributed by atoms with E-state index < -0.39 is 0 Å². The second-order valence-corrected chi connectivity index (χ2v) is 8.14. The number of nitrogens with zero attached hydrogens (tertiary/aromatic N) is 5. The van der Waals surface area contributed by atoms with Gasteiger partial charge < -0.3 is 14.2 Å². The number of carbonyl (C=O) groups excluding carboxylic acids is 1. The van der Waals surface area contributed by atoms with E-state index in [2.05, 4.69) is 4.98 Å². The van der Waals surface area contributed by atoms with E-state index in [0.29, 0.717) is 24.6 Å². The van der Waals surface area contributed by atoms with Crippen LogP contribution in [0.2, 0.25) is 0 Å². The van der Waals surface area contributed by atoms with Crippen LogP contribution in [0.4, 0.5) is 0 Å². The van der Waals surface area contributed by atoms with Crippen LogP contribution < -0.4 is 0 Å². The Balaban J connectivity index is 1.46. The molecule has 7 nitrogen and oxygen atoms in total. The number of fused-ring (bicyclic) bond motifs is 1. The van der Waals surface area contributed by atoms with Gasteiger partial charge in [-0.2, -0.15) is 0 Å². The molecule has 3 aromatic heterocycles. The number of carbonyl (C=O) groups is 1. The fourth-order valence-corrected chi connectivity index (χ4v) is 4.26. The van der Waals surface area contributed by atoms with E-state index in [1.807, 2.05) is 88.0 Å². The van der Waals surface area contributed by atoms with Crippen molar-refractivity contribution in [2.75, 3.05) is 13.2 Å². The molecule has 0 radical (unpaired) electrons. The minimum absolute atomic E-state index is 0.0786. The van der Waals surface area contributed by atoms with Gasteiger partial charge in [0.25, 0.3) is 5.91 Å². The predicted molar refractivity (Wildman–Crippen MR) is 122 cm³/mol. The summed E-state index contributed by atoms with van der Waals surface area (Å²) in [6, 6.07) is 15.8. The molecule has 1 fully saturated rings. The van der Waals surface area contributed by atoms with Gasteiger partial charge in [0.15, 0.2) is 11.5 Å². The van der Waals surface area contributed by atoms with Gasteiger partial charge in [-0.3, -0.25) is 9.20 Å². The van der Waals surface area contributed by atoms with Gasteiger partial charge >= 0.3 is 0 Å². The Morgan fingerprint density at radius 1 is 1.19 bits per heavy atom. The van der Waals surface area contributed by atoms with Crippen LogP contribution in [-0.4, -0.2) is 49.0 Å². The Morgan fingerprint density at radius 3 is 2.81 bits per heavy atom. The van der Waals surface area contributed by atoms with Crippen LogP contribution in [0.5, 0.6) is 0 Å². The highest BCUT2D eigenvalue weighted by Gasteiger charge is 2.24. The van der Waals surface area contributed by atoms with E-state index in [4.69, 9.17) is 9.72 Å². The van der Waals surface area contributed by atoms with E-state index in [1.54, 1.807) is 0 Å². The molecule has 1 aliphatic rings. The smallest absolute Gasteiger partial charge is 0.275 e. The van der Waals surface area contributed by atoms with Gasteiger partial charge in [0.05, 0.1) is 17.9 Å². The molecule has 1 saturated heterocycles. The Kier molecular flexibility index (Phi) is 5.73. The summed E-state index contributed by atoms with van der Waals surface area (Å²) in [5, 5.41) is 0. The lowest BCUT2D eigenvalue weighted by Crippen LogP contribution is -2.30. The Labute approximate surface area is 187 Å². The fraction of sp³-hybridized carbons (Fsp3) is 0.320. The Bertz CT molecular complexity index is 1210. The predicted octanol–water partition coefficient (Wildman–Crippen LogP) is 4.04. The standard InChI is InChI=1S/C25H27N5O2/c1-2-29(15-19-9-4-3-5-10-19)25(31)23-22-12-6-7-13-30(22)24(27-23)21-17-28(18-26-21)16-20-11-8-14-32-20/h3-7,9-10,12-13,17-18,20H,2,8,11,14-16H2,1H3/t20-/m0/s1. The molecule has 1 atom stereocenters. The highest BCUT2D eigenvalue weighted by Crippen LogP contribution is 2.24. The van der Waals surface area contributed by atoms with Crippen LogP contribution in [0.25, 0.3) is 17.0 Å². The number of amides is 1. The molecule has 1 amide bonds. The molecule has 0 spiro atoms. The SMILES string of the molecule is CCN(Cc1ccccc1)C(=O)c1nc(-c2cn(C[C@@H]3CCCO3)cn2)n2ccccc12. The number of hydrogen-bond donors (Lipinski definition) is 0. The lowest BCUT2D eigenvalue weighted by atomic mass is 10.2. The first-order valence-corrected chi connectivity index (χ1v) is 11.2. The monoisotopic (exact) mass is 429 g/mol. The molecule has 0 N–H and O–H groups in total. The van der Waals surface area contributed by atoms with Crippen LogP contribution in [-0.2, 0) is 17.8 Å². The minimum atomic E-state index is -0.0786. The zero-order chi connectivity index (χ0) is 21.9. The number of hydrogen-bond acceptors (Lipinski definition) is 4. The number of ether oxygens (including phenoxy) is 1. The van der Waals surface area contributed by atoms with Gasteiger partial charge in [-0.15, -0.1) is 0 Å². The topological polar surface area (TPSA) is 64.7 Å². The quantitative estimate of drug-likeness (QED) is 0.445. The maximum atomic E-state index is 13.5. The second kappa shape index (κ2) is 8.96. The zero-order valence-electron chi connectivity index (χ0n) is 18.2. The minimum Gasteiger partial charge on any atom is -0.376 e. The third-order valence-corrected chi connectivity index (χ3v) is 5.94. The van der Waals surface area contributed by atoms with Gasteiger partial charge in [0.1, 0.15) is 5.69 Å². The maximum absolute atomic E-state index is 13.5. The van der Waals surface area contributed by atoms with Crippen molar-refractivity contribution >= 4 is 11.4 Å². The van der Waals surface area contributed by atoms with Crippen LogP contribution in [0, 0.1) is 0 Å². The van der Waals surface area contributed by atoms with Crippen molar-refractivity contribution in [3.8, 4) is 11.5 Å². The van der Waals surface area contributed by atoms with Crippen molar-refractivity contribution < 1.29 is 9.53 Å². The summed E-state index contributed by atoms with van der Waals surface area (Å²) in [4.78, 5) is 24.7. The molecule has 7 heteroatoms. The summed E-state index contributed by atoms with van der Waals surface area (Å²) in [5.41, 5.74) is 3.08. The van der Waals surface area contributed by atoms with Crippen LogP contribution >= 0.6 is 0 Å². The molecular formula is C25H27N5O2. The summed E-state index contributed by atoms with van der Waals surface area (Å²) >= 11 is 0. The number of imidazole rings is 2. The van der Waals surface area contributed by atoms with E-state index in [9.17, 15) is 4.79 Å². The fourth-order valence-electron chi connectivity index (χ4n) is 4.26. The summed E-state index contributed by atoms with van der Waals surface area (Å²) in [6.45, 7) is 4.76. The Hall–Kier alpha value is -3.45. The first-order valence-electron chi connectivity index (χ1n) is 11.2. The van der Waals surface area contributed by atoms with Crippen LogP contribution in [0.1, 0.15) is 35.8 Å². The molecule has 4 heterocycles. The molecule has 5 rings (SSSR count). The van der Waals surface area contributed by atoms with E-state index in [1.165, 1.54) is 0 Å². The van der Waals surface area contributed by atoms with Crippen LogP contribution in [0.3, 0.4) is 0 Å². The number of aromatic nitrogens is 4. The zero-order valence-corrected chi connectivity index (χ0v) is 18.2. The molecule has 0 aliphatic carbocycles. The van der Waals surface area contributed by atoms with Crippen LogP contribution in [0.15, 0.2) is 67.3 Å². The molecule has 4 aromatic rings. The first kappa shape index (κ1) is 20.5. The summed E-state index contributed by atoms with van der Waals surface area (Å²) in [6.07, 6.45) is 8.16.